The highest BCUT2D eigenvalue weighted by molar-refractivity contribution is 9.10. The van der Waals surface area contributed by atoms with Gasteiger partial charge in [-0.05, 0) is 29.6 Å². The molecule has 0 unspecified atom stereocenters. The van der Waals surface area contributed by atoms with Gasteiger partial charge in [0.05, 0.1) is 16.3 Å². The fourth-order valence-corrected chi connectivity index (χ4v) is 2.46. The molecule has 1 aromatic heterocycles. The van der Waals surface area contributed by atoms with Gasteiger partial charge < -0.3 is 5.32 Å². The molecule has 0 fully saturated rings. The summed E-state index contributed by atoms with van der Waals surface area (Å²) in [5.41, 5.74) is 5.09. The van der Waals surface area contributed by atoms with Crippen LogP contribution >= 0.6 is 27.3 Å². The van der Waals surface area contributed by atoms with E-state index in [-0.39, 0.29) is 5.69 Å². The van der Waals surface area contributed by atoms with Crippen LogP contribution in [0.15, 0.2) is 46.8 Å². The summed E-state index contributed by atoms with van der Waals surface area (Å²) in [7, 11) is 0. The Morgan fingerprint density at radius 2 is 1.95 bits per heavy atom. The first-order valence-corrected chi connectivity index (χ1v) is 7.70. The summed E-state index contributed by atoms with van der Waals surface area (Å²) >= 11 is 4.53. The van der Waals surface area contributed by atoms with E-state index in [0.717, 1.165) is 4.88 Å². The van der Waals surface area contributed by atoms with Gasteiger partial charge in [-0.3, -0.25) is 20.4 Å². The fourth-order valence-electron chi connectivity index (χ4n) is 1.47. The van der Waals surface area contributed by atoms with Gasteiger partial charge in [0.15, 0.2) is 0 Å². The molecule has 22 heavy (non-hydrogen) atoms. The second-order valence-electron chi connectivity index (χ2n) is 4.11. The molecular weight excluding hydrogens is 373 g/mol. The van der Waals surface area contributed by atoms with E-state index in [2.05, 4.69) is 38.7 Å². The lowest BCUT2D eigenvalue weighted by atomic mass is 10.3. The van der Waals surface area contributed by atoms with Gasteiger partial charge in [-0.25, -0.2) is 4.39 Å². The Balaban J connectivity index is 1.89. The molecule has 0 saturated heterocycles. The highest BCUT2D eigenvalue weighted by atomic mass is 79.9. The van der Waals surface area contributed by atoms with Crippen molar-refractivity contribution in [3.63, 3.8) is 0 Å². The minimum atomic E-state index is -0.993. The second-order valence-corrected chi connectivity index (χ2v) is 5.98. The first-order valence-electron chi connectivity index (χ1n) is 6.02. The molecule has 2 amide bonds. The van der Waals surface area contributed by atoms with E-state index in [0.29, 0.717) is 10.2 Å². The van der Waals surface area contributed by atoms with E-state index in [1.54, 1.807) is 6.07 Å². The predicted molar refractivity (Wildman–Crippen MR) is 87.4 cm³/mol. The molecule has 2 rings (SSSR count). The molecule has 1 heterocycles. The average molecular weight is 384 g/mol. The van der Waals surface area contributed by atoms with E-state index in [1.165, 1.54) is 23.5 Å². The number of carbonyl (C=O) groups is 2. The topological polar surface area (TPSA) is 70.2 Å². The second kappa shape index (κ2) is 7.19. The Kier molecular flexibility index (Phi) is 5.29. The highest BCUT2D eigenvalue weighted by Gasteiger charge is 2.16. The third kappa shape index (κ3) is 4.15. The lowest BCUT2D eigenvalue weighted by Gasteiger charge is -2.10. The standard InChI is InChI=1S/C14H11BrFN3O2S/c1-8(12-3-2-6-22-12)18-19-14(21)13(20)17-11-5-4-9(15)7-10(11)16/h2-7,18H,1H2,(H,17,20)(H,19,21). The van der Waals surface area contributed by atoms with Crippen molar-refractivity contribution in [1.82, 2.24) is 10.9 Å². The van der Waals surface area contributed by atoms with Crippen LogP contribution in [-0.2, 0) is 9.59 Å². The van der Waals surface area contributed by atoms with E-state index >= 15 is 0 Å². The number of benzene rings is 1. The monoisotopic (exact) mass is 383 g/mol. The van der Waals surface area contributed by atoms with Crippen molar-refractivity contribution in [2.45, 2.75) is 0 Å². The molecule has 0 atom stereocenters. The molecule has 8 heteroatoms. The van der Waals surface area contributed by atoms with Gasteiger partial charge in [-0.2, -0.15) is 0 Å². The largest absolute Gasteiger partial charge is 0.327 e. The third-order valence-corrected chi connectivity index (χ3v) is 3.95. The molecule has 0 bridgehead atoms. The van der Waals surface area contributed by atoms with Crippen LogP contribution < -0.4 is 16.2 Å². The van der Waals surface area contributed by atoms with Crippen LogP contribution in [0, 0.1) is 5.82 Å². The van der Waals surface area contributed by atoms with Crippen LogP contribution in [0.5, 0.6) is 0 Å². The number of hydrazine groups is 1. The number of thiophene rings is 1. The van der Waals surface area contributed by atoms with Crippen molar-refractivity contribution in [2.24, 2.45) is 0 Å². The molecule has 114 valence electrons. The third-order valence-electron chi connectivity index (χ3n) is 2.53. The number of hydrogen-bond acceptors (Lipinski definition) is 4. The maximum atomic E-state index is 13.6. The molecule has 0 aliphatic heterocycles. The number of anilines is 1. The number of nitrogens with one attached hydrogen (secondary N) is 3. The molecule has 1 aromatic carbocycles. The smallest absolute Gasteiger partial charge is 0.315 e. The Morgan fingerprint density at radius 1 is 1.18 bits per heavy atom. The molecule has 2 aromatic rings. The zero-order valence-electron chi connectivity index (χ0n) is 11.2. The Labute approximate surface area is 138 Å². The lowest BCUT2D eigenvalue weighted by molar-refractivity contribution is -0.136. The summed E-state index contributed by atoms with van der Waals surface area (Å²) in [6.07, 6.45) is 0. The molecular formula is C14H11BrFN3O2S. The molecule has 0 aliphatic carbocycles. The fraction of sp³-hybridized carbons (Fsp3) is 0. The molecule has 0 saturated carbocycles. The minimum absolute atomic E-state index is 0.0829. The van der Waals surface area contributed by atoms with Crippen molar-refractivity contribution in [3.05, 3.63) is 57.5 Å². The minimum Gasteiger partial charge on any atom is -0.315 e. The average Bonchev–Trinajstić information content (AvgIpc) is 3.01. The van der Waals surface area contributed by atoms with Crippen molar-refractivity contribution >= 4 is 50.5 Å². The summed E-state index contributed by atoms with van der Waals surface area (Å²) in [5.74, 6) is -2.60. The Morgan fingerprint density at radius 3 is 2.59 bits per heavy atom. The summed E-state index contributed by atoms with van der Waals surface area (Å²) in [4.78, 5) is 24.1. The number of halogens is 2. The van der Waals surface area contributed by atoms with Crippen LogP contribution in [-0.4, -0.2) is 11.8 Å². The molecule has 0 radical (unpaired) electrons. The Bertz CT molecular complexity index is 719. The van der Waals surface area contributed by atoms with Gasteiger partial charge in [-0.1, -0.05) is 28.6 Å². The maximum absolute atomic E-state index is 13.6. The van der Waals surface area contributed by atoms with Crippen LogP contribution in [0.1, 0.15) is 4.88 Å². The number of hydrogen-bond donors (Lipinski definition) is 3. The van der Waals surface area contributed by atoms with E-state index < -0.39 is 17.6 Å². The lowest BCUT2D eigenvalue weighted by Crippen LogP contribution is -2.42. The summed E-state index contributed by atoms with van der Waals surface area (Å²) < 4.78 is 14.1. The predicted octanol–water partition coefficient (Wildman–Crippen LogP) is 2.88. The van der Waals surface area contributed by atoms with Gasteiger partial charge in [0, 0.05) is 4.47 Å². The van der Waals surface area contributed by atoms with Crippen molar-refractivity contribution in [1.29, 1.82) is 0 Å². The van der Waals surface area contributed by atoms with Crippen LogP contribution in [0.4, 0.5) is 10.1 Å². The van der Waals surface area contributed by atoms with Crippen LogP contribution in [0.25, 0.3) is 5.70 Å². The van der Waals surface area contributed by atoms with Crippen molar-refractivity contribution < 1.29 is 14.0 Å². The van der Waals surface area contributed by atoms with Gasteiger partial charge in [-0.15, -0.1) is 11.3 Å². The summed E-state index contributed by atoms with van der Waals surface area (Å²) in [6.45, 7) is 3.72. The summed E-state index contributed by atoms with van der Waals surface area (Å²) in [5, 5.41) is 4.04. The van der Waals surface area contributed by atoms with Crippen molar-refractivity contribution in [2.75, 3.05) is 5.32 Å². The maximum Gasteiger partial charge on any atom is 0.327 e. The van der Waals surface area contributed by atoms with E-state index in [4.69, 9.17) is 0 Å². The van der Waals surface area contributed by atoms with E-state index in [9.17, 15) is 14.0 Å². The van der Waals surface area contributed by atoms with E-state index in [1.807, 2.05) is 17.5 Å². The van der Waals surface area contributed by atoms with Crippen molar-refractivity contribution in [3.8, 4) is 0 Å². The first kappa shape index (κ1) is 16.2. The quantitative estimate of drug-likeness (QED) is 0.561. The highest BCUT2D eigenvalue weighted by Crippen LogP contribution is 2.19. The van der Waals surface area contributed by atoms with Gasteiger partial charge in [0.2, 0.25) is 0 Å². The molecule has 0 aliphatic rings. The zero-order valence-corrected chi connectivity index (χ0v) is 13.6. The Hall–Kier alpha value is -2.19. The van der Waals surface area contributed by atoms with Gasteiger partial charge >= 0.3 is 11.8 Å². The van der Waals surface area contributed by atoms with Crippen LogP contribution in [0.2, 0.25) is 0 Å². The summed E-state index contributed by atoms with van der Waals surface area (Å²) in [6, 6.07) is 7.72. The number of rotatable bonds is 4. The van der Waals surface area contributed by atoms with Gasteiger partial charge in [0.1, 0.15) is 5.82 Å². The molecule has 0 spiro atoms. The number of carbonyl (C=O) groups excluding carboxylic acids is 2. The first-order chi connectivity index (χ1) is 10.5. The van der Waals surface area contributed by atoms with Crippen LogP contribution in [0.3, 0.4) is 0 Å². The normalized spacial score (nSPS) is 9.91. The SMILES string of the molecule is C=C(NNC(=O)C(=O)Nc1ccc(Br)cc1F)c1cccs1. The number of amides is 2. The zero-order chi connectivity index (χ0) is 16.1. The van der Waals surface area contributed by atoms with Gasteiger partial charge in [0.25, 0.3) is 0 Å². The molecule has 5 nitrogen and oxygen atoms in total. The molecule has 3 N–H and O–H groups in total.